The number of unbranched alkanes of at least 4 members (excludes halogenated alkanes) is 3. The third-order valence-corrected chi connectivity index (χ3v) is 7.96. The topological polar surface area (TPSA) is 249 Å². The molecular formula is C38H47N7O10. The van der Waals surface area contributed by atoms with Crippen LogP contribution in [0.3, 0.4) is 0 Å². The number of benzene rings is 2. The van der Waals surface area contributed by atoms with Crippen LogP contribution >= 0.6 is 0 Å². The molecule has 0 aliphatic heterocycles. The quantitative estimate of drug-likeness (QED) is 0.0405. The third-order valence-electron chi connectivity index (χ3n) is 7.96. The van der Waals surface area contributed by atoms with Gasteiger partial charge in [0, 0.05) is 36.6 Å². The number of carboxylic acid groups (broad SMARTS) is 2. The summed E-state index contributed by atoms with van der Waals surface area (Å²) in [4.78, 5) is 71.4. The van der Waals surface area contributed by atoms with Crippen LogP contribution in [-0.4, -0.2) is 91.5 Å². The van der Waals surface area contributed by atoms with Crippen LogP contribution in [0.15, 0.2) is 71.9 Å². The zero-order chi connectivity index (χ0) is 40.3. The molecule has 2 aromatic carbocycles. The van der Waals surface area contributed by atoms with E-state index in [1.807, 2.05) is 29.8 Å². The zero-order valence-electron chi connectivity index (χ0n) is 31.0. The number of fused-ring (bicyclic) bond motifs is 1. The molecule has 1 unspecified atom stereocenters. The fourth-order valence-electron chi connectivity index (χ4n) is 5.04. The number of rotatable bonds is 18. The van der Waals surface area contributed by atoms with Gasteiger partial charge in [-0.25, -0.2) is 19.6 Å². The molecule has 294 valence electrons. The number of aryl methyl sites for hydroxylation is 1. The number of amidine groups is 1. The number of nitrogens with zero attached hydrogens (tertiary/aromatic N) is 5. The molecule has 2 aromatic heterocycles. The number of esters is 1. The first-order valence-electron chi connectivity index (χ1n) is 17.7. The first kappa shape index (κ1) is 43.0. The Kier molecular flexibility index (Phi) is 17.2. The molecule has 0 saturated carbocycles. The second-order valence-corrected chi connectivity index (χ2v) is 12.0. The number of nitrogens with two attached hydrogens (primary N) is 1. The number of carbonyl (C=O) groups is 5. The van der Waals surface area contributed by atoms with Gasteiger partial charge < -0.3 is 40.4 Å². The zero-order valence-corrected chi connectivity index (χ0v) is 31.0. The lowest BCUT2D eigenvalue weighted by molar-refractivity contribution is -0.152. The van der Waals surface area contributed by atoms with Gasteiger partial charge in [0.15, 0.2) is 6.10 Å². The summed E-state index contributed by atoms with van der Waals surface area (Å²) in [5.41, 5.74) is 9.40. The number of aromatic nitrogens is 3. The van der Waals surface area contributed by atoms with Crippen molar-refractivity contribution in [2.75, 3.05) is 30.0 Å². The van der Waals surface area contributed by atoms with Crippen LogP contribution in [0.2, 0.25) is 0 Å². The van der Waals surface area contributed by atoms with Crippen molar-refractivity contribution in [3.05, 3.63) is 83.8 Å². The summed E-state index contributed by atoms with van der Waals surface area (Å²) in [6, 6.07) is 17.9. The monoisotopic (exact) mass is 761 g/mol. The maximum absolute atomic E-state index is 13.6. The molecule has 17 heteroatoms. The Hall–Kier alpha value is -6.36. The predicted octanol–water partition coefficient (Wildman–Crippen LogP) is 4.51. The van der Waals surface area contributed by atoms with Gasteiger partial charge >= 0.3 is 24.0 Å². The van der Waals surface area contributed by atoms with Gasteiger partial charge in [-0.15, -0.1) is 0 Å². The van der Waals surface area contributed by atoms with E-state index >= 15 is 0 Å². The number of aliphatic hydroxyl groups is 1. The number of anilines is 2. The molecular weight excluding hydrogens is 714 g/mol. The Labute approximate surface area is 317 Å². The molecule has 2 amide bonds. The minimum Gasteiger partial charge on any atom is -0.481 e. The summed E-state index contributed by atoms with van der Waals surface area (Å²) < 4.78 is 12.1. The van der Waals surface area contributed by atoms with Gasteiger partial charge in [0.1, 0.15) is 17.5 Å². The number of ether oxygens (including phenoxy) is 2. The van der Waals surface area contributed by atoms with E-state index < -0.39 is 30.6 Å². The molecule has 0 fully saturated rings. The Bertz CT molecular complexity index is 1930. The Morgan fingerprint density at radius 1 is 0.964 bits per heavy atom. The van der Waals surface area contributed by atoms with E-state index in [1.54, 1.807) is 55.6 Å². The van der Waals surface area contributed by atoms with Gasteiger partial charge in [-0.2, -0.15) is 4.99 Å². The molecule has 0 saturated heterocycles. The minimum absolute atomic E-state index is 0.0455. The molecule has 0 aliphatic rings. The molecule has 4 aromatic rings. The normalized spacial score (nSPS) is 11.5. The van der Waals surface area contributed by atoms with Crippen LogP contribution in [0.4, 0.5) is 16.3 Å². The minimum atomic E-state index is -1.79. The Balaban J connectivity index is 0.000000801. The second kappa shape index (κ2) is 22.0. The van der Waals surface area contributed by atoms with Crippen LogP contribution in [0.25, 0.3) is 11.0 Å². The summed E-state index contributed by atoms with van der Waals surface area (Å²) in [5.74, 6) is -2.23. The highest BCUT2D eigenvalue weighted by atomic mass is 16.5. The molecule has 0 radical (unpaired) electrons. The molecule has 17 nitrogen and oxygen atoms in total. The smallest absolute Gasteiger partial charge is 0.435 e. The number of hydrogen-bond donors (Lipinski definition) is 5. The van der Waals surface area contributed by atoms with Gasteiger partial charge in [-0.1, -0.05) is 32.3 Å². The van der Waals surface area contributed by atoms with Gasteiger partial charge in [-0.05, 0) is 67.9 Å². The van der Waals surface area contributed by atoms with Crippen LogP contribution < -0.4 is 16.0 Å². The highest BCUT2D eigenvalue weighted by molar-refractivity contribution is 6.07. The van der Waals surface area contributed by atoms with E-state index in [9.17, 15) is 24.0 Å². The van der Waals surface area contributed by atoms with E-state index in [1.165, 1.54) is 4.90 Å². The fourth-order valence-corrected chi connectivity index (χ4v) is 5.04. The second-order valence-electron chi connectivity index (χ2n) is 12.0. The number of aliphatic carboxylic acids is 2. The van der Waals surface area contributed by atoms with Gasteiger partial charge in [0.2, 0.25) is 0 Å². The lowest BCUT2D eigenvalue weighted by Crippen LogP contribution is -2.34. The van der Waals surface area contributed by atoms with Crippen LogP contribution in [0, 0.1) is 0 Å². The number of carbonyl (C=O) groups excluding carboxylic acids is 3. The number of imidazole rings is 1. The summed E-state index contributed by atoms with van der Waals surface area (Å²) in [6.07, 6.45) is 2.45. The molecule has 1 atom stereocenters. The van der Waals surface area contributed by atoms with E-state index in [0.29, 0.717) is 35.6 Å². The third kappa shape index (κ3) is 13.9. The number of pyridine rings is 1. The first-order valence-corrected chi connectivity index (χ1v) is 17.7. The number of aliphatic imine (C=N–C) groups is 1. The molecule has 4 rings (SSSR count). The molecule has 6 N–H and O–H groups in total. The number of hydrogen-bond acceptors (Lipinski definition) is 11. The maximum atomic E-state index is 13.6. The average Bonchev–Trinajstić information content (AvgIpc) is 3.48. The standard InChI is InChI=1S/C34H41N7O5.C4H6O5/c1-4-6-7-10-21-46-34(44)39-32(35)24-12-15-26(16-13-24)37-23-30-38-27-22-25(14-17-28(27)40(30)3)33(43)41(20-18-31(42)45-5-2)29-11-8-9-19-36-29;5-2(4(8)9)1-3(6)7/h8-9,11-17,19,22,37H,4-7,10,18,20-21,23H2,1-3H3,(H2,35,39,44);2,5H,1H2,(H,6,7)(H,8,9). The molecule has 55 heavy (non-hydrogen) atoms. The summed E-state index contributed by atoms with van der Waals surface area (Å²) in [5, 5.41) is 27.5. The van der Waals surface area contributed by atoms with E-state index in [4.69, 9.17) is 35.5 Å². The van der Waals surface area contributed by atoms with Crippen molar-refractivity contribution in [3.63, 3.8) is 0 Å². The number of amides is 2. The molecule has 0 bridgehead atoms. The largest absolute Gasteiger partial charge is 0.481 e. The van der Waals surface area contributed by atoms with Crippen molar-refractivity contribution in [3.8, 4) is 0 Å². The van der Waals surface area contributed by atoms with Crippen LogP contribution in [0.1, 0.15) is 74.1 Å². The summed E-state index contributed by atoms with van der Waals surface area (Å²) in [6.45, 7) is 5.02. The number of nitrogens with one attached hydrogen (secondary N) is 1. The molecule has 0 spiro atoms. The van der Waals surface area contributed by atoms with Crippen LogP contribution in [0.5, 0.6) is 0 Å². The van der Waals surface area contributed by atoms with Crippen molar-refractivity contribution >= 4 is 58.3 Å². The summed E-state index contributed by atoms with van der Waals surface area (Å²) >= 11 is 0. The lowest BCUT2D eigenvalue weighted by Gasteiger charge is -2.21. The molecule has 0 aliphatic carbocycles. The van der Waals surface area contributed by atoms with Gasteiger partial charge in [0.05, 0.1) is 43.6 Å². The predicted molar refractivity (Wildman–Crippen MR) is 204 cm³/mol. The van der Waals surface area contributed by atoms with Crippen molar-refractivity contribution in [2.24, 2.45) is 17.8 Å². The van der Waals surface area contributed by atoms with E-state index in [2.05, 4.69) is 22.2 Å². The Morgan fingerprint density at radius 3 is 2.31 bits per heavy atom. The SMILES string of the molecule is CCCCCCOC(=O)/N=C(/N)c1ccc(NCc2nc3cc(C(=O)N(CCC(=O)OCC)c4ccccn4)ccc3n2C)cc1.O=C(O)CC(O)C(=O)O. The van der Waals surface area contributed by atoms with Crippen molar-refractivity contribution in [2.45, 2.75) is 65.0 Å². The summed E-state index contributed by atoms with van der Waals surface area (Å²) in [7, 11) is 1.91. The van der Waals surface area contributed by atoms with Crippen molar-refractivity contribution < 1.29 is 48.8 Å². The number of aliphatic hydroxyl groups excluding tert-OH is 1. The lowest BCUT2D eigenvalue weighted by atomic mass is 10.1. The van der Waals surface area contributed by atoms with Gasteiger partial charge in [0.25, 0.3) is 5.91 Å². The van der Waals surface area contributed by atoms with Crippen LogP contribution in [-0.2, 0) is 37.4 Å². The molecule has 2 heterocycles. The number of carboxylic acids is 2. The van der Waals surface area contributed by atoms with E-state index in [-0.39, 0.29) is 37.3 Å². The fraction of sp³-hybridized carbons (Fsp3) is 0.368. The highest BCUT2D eigenvalue weighted by Crippen LogP contribution is 2.21. The van der Waals surface area contributed by atoms with Crippen molar-refractivity contribution in [1.82, 2.24) is 14.5 Å². The average molecular weight is 762 g/mol. The maximum Gasteiger partial charge on any atom is 0.435 e. The van der Waals surface area contributed by atoms with Crippen molar-refractivity contribution in [1.29, 1.82) is 0 Å². The van der Waals surface area contributed by atoms with Gasteiger partial charge in [-0.3, -0.25) is 19.3 Å². The van der Waals surface area contributed by atoms with E-state index in [0.717, 1.165) is 42.7 Å². The first-order chi connectivity index (χ1) is 26.3. The Morgan fingerprint density at radius 2 is 1.69 bits per heavy atom. The highest BCUT2D eigenvalue weighted by Gasteiger charge is 2.22.